The van der Waals surface area contributed by atoms with Gasteiger partial charge in [0.05, 0.1) is 11.5 Å². The Kier molecular flexibility index (Phi) is 4.90. The van der Waals surface area contributed by atoms with E-state index in [0.717, 1.165) is 19.3 Å². The molecule has 0 N–H and O–H groups in total. The van der Waals surface area contributed by atoms with Crippen LogP contribution in [0, 0.1) is 5.92 Å². The van der Waals surface area contributed by atoms with Crippen molar-refractivity contribution in [2.75, 3.05) is 13.1 Å². The molecule has 3 rings (SSSR count). The molecule has 0 spiro atoms. The molecule has 0 saturated carbocycles. The van der Waals surface area contributed by atoms with Gasteiger partial charge in [-0.15, -0.1) is 0 Å². The number of hydrogen-bond donors (Lipinski definition) is 0. The van der Waals surface area contributed by atoms with Crippen LogP contribution in [0.4, 0.5) is 0 Å². The van der Waals surface area contributed by atoms with Crippen molar-refractivity contribution in [3.63, 3.8) is 0 Å². The molecule has 126 valence electrons. The first-order valence-corrected chi connectivity index (χ1v) is 9.95. The molecule has 0 radical (unpaired) electrons. The molecular formula is C17H23NO4S. The fourth-order valence-electron chi connectivity index (χ4n) is 3.42. The zero-order valence-corrected chi connectivity index (χ0v) is 14.0. The van der Waals surface area contributed by atoms with Gasteiger partial charge < -0.3 is 9.32 Å². The van der Waals surface area contributed by atoms with Gasteiger partial charge in [-0.1, -0.05) is 12.2 Å². The zero-order valence-electron chi connectivity index (χ0n) is 13.2. The minimum absolute atomic E-state index is 0.0496. The maximum absolute atomic E-state index is 12.5. The van der Waals surface area contributed by atoms with E-state index < -0.39 is 9.84 Å². The normalized spacial score (nSPS) is 23.1. The number of piperidine rings is 1. The lowest BCUT2D eigenvalue weighted by Crippen LogP contribution is -2.45. The molecule has 1 saturated heterocycles. The van der Waals surface area contributed by atoms with Crippen LogP contribution in [0.3, 0.4) is 0 Å². The molecule has 0 aromatic carbocycles. The summed E-state index contributed by atoms with van der Waals surface area (Å²) in [5, 5.41) is -0.372. The Hall–Kier alpha value is -1.56. The largest absolute Gasteiger partial charge is 0.468 e. The van der Waals surface area contributed by atoms with Crippen LogP contribution >= 0.6 is 0 Å². The number of carbonyl (C=O) groups is 1. The Bertz CT molecular complexity index is 655. The molecule has 0 unspecified atom stereocenters. The molecule has 1 aromatic heterocycles. The average Bonchev–Trinajstić information content (AvgIpc) is 3.07. The Morgan fingerprint density at radius 2 is 2.00 bits per heavy atom. The van der Waals surface area contributed by atoms with E-state index in [-0.39, 0.29) is 22.8 Å². The monoisotopic (exact) mass is 337 g/mol. The van der Waals surface area contributed by atoms with E-state index >= 15 is 0 Å². The minimum atomic E-state index is -3.22. The summed E-state index contributed by atoms with van der Waals surface area (Å²) in [4.78, 5) is 14.3. The maximum Gasteiger partial charge on any atom is 0.226 e. The highest BCUT2D eigenvalue weighted by molar-refractivity contribution is 7.91. The Balaban J connectivity index is 1.55. The SMILES string of the molecule is O=C([C@H]1CC=CCC1)N1CCC(S(=O)(=O)Cc2ccco2)CC1. The van der Waals surface area contributed by atoms with Gasteiger partial charge in [-0.3, -0.25) is 4.79 Å². The summed E-state index contributed by atoms with van der Waals surface area (Å²) in [6, 6.07) is 3.39. The van der Waals surface area contributed by atoms with E-state index in [0.29, 0.717) is 31.7 Å². The fourth-order valence-corrected chi connectivity index (χ4v) is 5.15. The molecular weight excluding hydrogens is 314 g/mol. The molecule has 1 aliphatic carbocycles. The van der Waals surface area contributed by atoms with Crippen molar-refractivity contribution in [3.8, 4) is 0 Å². The molecule has 0 bridgehead atoms. The van der Waals surface area contributed by atoms with Crippen LogP contribution in [0.25, 0.3) is 0 Å². The summed E-state index contributed by atoms with van der Waals surface area (Å²) in [6.45, 7) is 1.09. The van der Waals surface area contributed by atoms with Crippen LogP contribution in [-0.4, -0.2) is 37.6 Å². The molecule has 1 aromatic rings. The quantitative estimate of drug-likeness (QED) is 0.792. The number of nitrogens with zero attached hydrogens (tertiary/aromatic N) is 1. The number of likely N-dealkylation sites (tertiary alicyclic amines) is 1. The van der Waals surface area contributed by atoms with E-state index in [4.69, 9.17) is 4.42 Å². The molecule has 2 heterocycles. The van der Waals surface area contributed by atoms with Gasteiger partial charge in [0.15, 0.2) is 9.84 Å². The number of sulfone groups is 1. The maximum atomic E-state index is 12.5. The lowest BCUT2D eigenvalue weighted by Gasteiger charge is -2.34. The molecule has 23 heavy (non-hydrogen) atoms. The van der Waals surface area contributed by atoms with Crippen molar-refractivity contribution < 1.29 is 17.6 Å². The number of hydrogen-bond acceptors (Lipinski definition) is 4. The van der Waals surface area contributed by atoms with E-state index in [9.17, 15) is 13.2 Å². The van der Waals surface area contributed by atoms with Gasteiger partial charge in [0.2, 0.25) is 5.91 Å². The first kappa shape index (κ1) is 16.3. The van der Waals surface area contributed by atoms with Gasteiger partial charge in [-0.2, -0.15) is 0 Å². The van der Waals surface area contributed by atoms with E-state index in [1.807, 2.05) is 4.90 Å². The van der Waals surface area contributed by atoms with Gasteiger partial charge in [0, 0.05) is 19.0 Å². The van der Waals surface area contributed by atoms with Crippen LogP contribution in [0.5, 0.6) is 0 Å². The molecule has 2 aliphatic rings. The number of carbonyl (C=O) groups excluding carboxylic acids is 1. The van der Waals surface area contributed by atoms with Gasteiger partial charge in [0.25, 0.3) is 0 Å². The molecule has 1 atom stereocenters. The highest BCUT2D eigenvalue weighted by Gasteiger charge is 2.34. The first-order valence-electron chi connectivity index (χ1n) is 8.24. The fraction of sp³-hybridized carbons (Fsp3) is 0.588. The average molecular weight is 337 g/mol. The predicted octanol–water partition coefficient (Wildman–Crippen LogP) is 2.54. The number of allylic oxidation sites excluding steroid dienone is 2. The van der Waals surface area contributed by atoms with E-state index in [2.05, 4.69) is 12.2 Å². The van der Waals surface area contributed by atoms with Crippen LogP contribution in [0.1, 0.15) is 37.9 Å². The van der Waals surface area contributed by atoms with Crippen LogP contribution < -0.4 is 0 Å². The lowest BCUT2D eigenvalue weighted by molar-refractivity contribution is -0.136. The van der Waals surface area contributed by atoms with Crippen molar-refractivity contribution in [2.24, 2.45) is 5.92 Å². The standard InChI is InChI=1S/C17H23NO4S/c19-17(14-5-2-1-3-6-14)18-10-8-16(9-11-18)23(20,21)13-15-7-4-12-22-15/h1-2,4,7,12,14,16H,3,5-6,8-11,13H2/t14-/m0/s1. The second kappa shape index (κ2) is 6.91. The third-order valence-electron chi connectivity index (χ3n) is 4.80. The highest BCUT2D eigenvalue weighted by Crippen LogP contribution is 2.26. The van der Waals surface area contributed by atoms with Gasteiger partial charge >= 0.3 is 0 Å². The summed E-state index contributed by atoms with van der Waals surface area (Å²) < 4.78 is 30.1. The Morgan fingerprint density at radius 1 is 1.22 bits per heavy atom. The zero-order chi connectivity index (χ0) is 16.3. The van der Waals surface area contributed by atoms with Gasteiger partial charge in [-0.05, 0) is 44.2 Å². The second-order valence-electron chi connectivity index (χ2n) is 6.39. The summed E-state index contributed by atoms with van der Waals surface area (Å²) in [5.74, 6) is 0.705. The Morgan fingerprint density at radius 3 is 2.61 bits per heavy atom. The molecule has 1 aliphatic heterocycles. The second-order valence-corrected chi connectivity index (χ2v) is 8.67. The van der Waals surface area contributed by atoms with Gasteiger partial charge in [-0.25, -0.2) is 8.42 Å². The lowest BCUT2D eigenvalue weighted by atomic mass is 9.92. The summed E-state index contributed by atoms with van der Waals surface area (Å²) in [7, 11) is -3.22. The number of rotatable bonds is 4. The molecule has 1 fully saturated rings. The summed E-state index contributed by atoms with van der Waals surface area (Å²) >= 11 is 0. The topological polar surface area (TPSA) is 67.6 Å². The van der Waals surface area contributed by atoms with Crippen LogP contribution in [-0.2, 0) is 20.4 Å². The molecule has 1 amide bonds. The Labute approximate surface area is 137 Å². The summed E-state index contributed by atoms with van der Waals surface area (Å²) in [5.41, 5.74) is 0. The van der Waals surface area contributed by atoms with Crippen LogP contribution in [0.15, 0.2) is 35.0 Å². The summed E-state index contributed by atoms with van der Waals surface area (Å²) in [6.07, 6.45) is 9.43. The molecule has 5 nitrogen and oxygen atoms in total. The van der Waals surface area contributed by atoms with Crippen molar-refractivity contribution in [2.45, 2.75) is 43.1 Å². The van der Waals surface area contributed by atoms with E-state index in [1.165, 1.54) is 6.26 Å². The molecule has 6 heteroatoms. The third kappa shape index (κ3) is 3.86. The number of amides is 1. The third-order valence-corrected chi connectivity index (χ3v) is 6.98. The smallest absolute Gasteiger partial charge is 0.226 e. The van der Waals surface area contributed by atoms with Crippen molar-refractivity contribution in [1.82, 2.24) is 4.90 Å². The predicted molar refractivity (Wildman–Crippen MR) is 87.4 cm³/mol. The number of furan rings is 1. The minimum Gasteiger partial charge on any atom is -0.468 e. The van der Waals surface area contributed by atoms with Gasteiger partial charge in [0.1, 0.15) is 11.5 Å². The van der Waals surface area contributed by atoms with Crippen molar-refractivity contribution in [3.05, 3.63) is 36.3 Å². The van der Waals surface area contributed by atoms with Crippen molar-refractivity contribution in [1.29, 1.82) is 0 Å². The highest BCUT2D eigenvalue weighted by atomic mass is 32.2. The van der Waals surface area contributed by atoms with E-state index in [1.54, 1.807) is 12.1 Å². The van der Waals surface area contributed by atoms with Crippen LogP contribution in [0.2, 0.25) is 0 Å². The first-order chi connectivity index (χ1) is 11.1. The van der Waals surface area contributed by atoms with Crippen molar-refractivity contribution >= 4 is 15.7 Å².